The number of nitrogens with zero attached hydrogens (tertiary/aromatic N) is 4. The Hall–Kier alpha value is -1.45. The number of hydrogen-bond donors (Lipinski definition) is 2. The van der Waals surface area contributed by atoms with E-state index < -0.39 is 0 Å². The molecule has 2 fully saturated rings. The molecule has 0 unspecified atom stereocenters. The molecule has 1 aliphatic carbocycles. The minimum Gasteiger partial charge on any atom is -0.354 e. The third-order valence-electron chi connectivity index (χ3n) is 5.35. The highest BCUT2D eigenvalue weighted by Crippen LogP contribution is 2.43. The number of guanidine groups is 1. The molecule has 144 valence electrons. The molecule has 1 spiro atoms. The first-order chi connectivity index (χ1) is 12.2. The van der Waals surface area contributed by atoms with Crippen LogP contribution < -0.4 is 10.6 Å². The average Bonchev–Trinajstić information content (AvgIpc) is 3.06. The van der Waals surface area contributed by atoms with Crippen LogP contribution in [0.5, 0.6) is 0 Å². The normalized spacial score (nSPS) is 19.1. The van der Waals surface area contributed by atoms with Crippen LogP contribution in [-0.4, -0.2) is 60.0 Å². The molecule has 2 N–H and O–H groups in total. The molecule has 0 radical (unpaired) electrons. The molecule has 1 saturated heterocycles. The molecule has 2 heterocycles. The monoisotopic (exact) mass is 472 g/mol. The first kappa shape index (κ1) is 20.9. The second-order valence-corrected chi connectivity index (χ2v) is 7.05. The van der Waals surface area contributed by atoms with Crippen LogP contribution in [-0.2, 0) is 0 Å². The first-order valence-electron chi connectivity index (χ1n) is 9.22. The van der Waals surface area contributed by atoms with Crippen LogP contribution >= 0.6 is 24.0 Å². The highest BCUT2D eigenvalue weighted by molar-refractivity contribution is 14.0. The van der Waals surface area contributed by atoms with Crippen molar-refractivity contribution in [3.05, 3.63) is 24.3 Å². The maximum atomic E-state index is 11.9. The van der Waals surface area contributed by atoms with Gasteiger partial charge in [0.1, 0.15) is 5.69 Å². The molecular weight excluding hydrogens is 443 g/mol. The van der Waals surface area contributed by atoms with Crippen molar-refractivity contribution in [1.29, 1.82) is 0 Å². The van der Waals surface area contributed by atoms with Gasteiger partial charge in [-0.25, -0.2) is 4.98 Å². The molecule has 1 saturated carbocycles. The first-order valence-corrected chi connectivity index (χ1v) is 9.22. The van der Waals surface area contributed by atoms with Gasteiger partial charge in [-0.2, -0.15) is 0 Å². The topological polar surface area (TPSA) is 82.5 Å². The second kappa shape index (κ2) is 10.0. The summed E-state index contributed by atoms with van der Waals surface area (Å²) in [7, 11) is 1.83. The Morgan fingerprint density at radius 2 is 1.96 bits per heavy atom. The number of nitrogens with one attached hydrogen (secondary N) is 2. The van der Waals surface area contributed by atoms with E-state index in [-0.39, 0.29) is 29.9 Å². The number of amides is 1. The molecule has 1 aromatic rings. The van der Waals surface area contributed by atoms with Crippen LogP contribution in [0.2, 0.25) is 0 Å². The molecule has 2 aliphatic rings. The van der Waals surface area contributed by atoms with E-state index in [9.17, 15) is 4.79 Å². The smallest absolute Gasteiger partial charge is 0.271 e. The summed E-state index contributed by atoms with van der Waals surface area (Å²) in [5, 5.41) is 6.21. The molecule has 0 bridgehead atoms. The van der Waals surface area contributed by atoms with Crippen molar-refractivity contribution in [3.8, 4) is 0 Å². The Morgan fingerprint density at radius 1 is 1.19 bits per heavy atom. The largest absolute Gasteiger partial charge is 0.354 e. The van der Waals surface area contributed by atoms with Crippen LogP contribution in [0, 0.1) is 5.41 Å². The lowest BCUT2D eigenvalue weighted by Crippen LogP contribution is -2.44. The SMILES string of the molecule is CN=C(NCCNC(=O)c1cnccn1)N1CCC2(CCCCC2)C1.I. The van der Waals surface area contributed by atoms with Crippen molar-refractivity contribution in [3.63, 3.8) is 0 Å². The highest BCUT2D eigenvalue weighted by atomic mass is 127. The lowest BCUT2D eigenvalue weighted by Gasteiger charge is -2.33. The molecule has 1 aromatic heterocycles. The van der Waals surface area contributed by atoms with E-state index in [0.717, 1.165) is 19.0 Å². The van der Waals surface area contributed by atoms with Crippen LogP contribution in [0.3, 0.4) is 0 Å². The number of likely N-dealkylation sites (tertiary alicyclic amines) is 1. The highest BCUT2D eigenvalue weighted by Gasteiger charge is 2.39. The lowest BCUT2D eigenvalue weighted by atomic mass is 9.73. The van der Waals surface area contributed by atoms with E-state index in [4.69, 9.17) is 0 Å². The number of aliphatic imine (C=N–C) groups is 1. The average molecular weight is 472 g/mol. The molecule has 8 heteroatoms. The van der Waals surface area contributed by atoms with Gasteiger partial charge in [0, 0.05) is 45.6 Å². The van der Waals surface area contributed by atoms with Crippen molar-refractivity contribution in [2.75, 3.05) is 33.2 Å². The van der Waals surface area contributed by atoms with Gasteiger partial charge in [-0.15, -0.1) is 24.0 Å². The maximum absolute atomic E-state index is 11.9. The van der Waals surface area contributed by atoms with Gasteiger partial charge in [-0.3, -0.25) is 14.8 Å². The van der Waals surface area contributed by atoms with E-state index in [0.29, 0.717) is 24.2 Å². The summed E-state index contributed by atoms with van der Waals surface area (Å²) < 4.78 is 0. The zero-order chi connectivity index (χ0) is 17.5. The standard InChI is InChI=1S/C18H28N6O.HI/c1-19-17(24-12-7-18(14-24)5-3-2-4-6-18)23-11-10-22-16(25)15-13-20-8-9-21-15;/h8-9,13H,2-7,10-12,14H2,1H3,(H,19,23)(H,22,25);1H. The third kappa shape index (κ3) is 5.28. The Labute approximate surface area is 172 Å². The maximum Gasteiger partial charge on any atom is 0.271 e. The fraction of sp³-hybridized carbons (Fsp3) is 0.667. The van der Waals surface area contributed by atoms with Crippen molar-refractivity contribution < 1.29 is 4.79 Å². The molecular formula is C18H29IN6O. The molecule has 0 atom stereocenters. The number of hydrogen-bond acceptors (Lipinski definition) is 4. The van der Waals surface area contributed by atoms with Gasteiger partial charge < -0.3 is 15.5 Å². The molecule has 1 amide bonds. The van der Waals surface area contributed by atoms with Crippen molar-refractivity contribution in [1.82, 2.24) is 25.5 Å². The van der Waals surface area contributed by atoms with Crippen LogP contribution in [0.15, 0.2) is 23.6 Å². The number of carbonyl (C=O) groups is 1. The van der Waals surface area contributed by atoms with Crippen molar-refractivity contribution in [2.45, 2.75) is 38.5 Å². The van der Waals surface area contributed by atoms with Gasteiger partial charge in [0.05, 0.1) is 6.20 Å². The van der Waals surface area contributed by atoms with Crippen LogP contribution in [0.4, 0.5) is 0 Å². The van der Waals surface area contributed by atoms with Crippen molar-refractivity contribution in [2.24, 2.45) is 10.4 Å². The van der Waals surface area contributed by atoms with E-state index in [2.05, 4.69) is 30.5 Å². The summed E-state index contributed by atoms with van der Waals surface area (Å²) in [5.41, 5.74) is 0.849. The summed E-state index contributed by atoms with van der Waals surface area (Å²) in [6, 6.07) is 0. The number of halogens is 1. The third-order valence-corrected chi connectivity index (χ3v) is 5.35. The van der Waals surface area contributed by atoms with Crippen molar-refractivity contribution >= 4 is 35.8 Å². The molecule has 1 aliphatic heterocycles. The predicted octanol–water partition coefficient (Wildman–Crippen LogP) is 2.06. The fourth-order valence-corrected chi connectivity index (χ4v) is 4.02. The van der Waals surface area contributed by atoms with Gasteiger partial charge in [-0.1, -0.05) is 19.3 Å². The van der Waals surface area contributed by atoms with E-state index in [1.54, 1.807) is 6.20 Å². The second-order valence-electron chi connectivity index (χ2n) is 7.05. The van der Waals surface area contributed by atoms with Crippen LogP contribution in [0.25, 0.3) is 0 Å². The molecule has 7 nitrogen and oxygen atoms in total. The van der Waals surface area contributed by atoms with Gasteiger partial charge in [0.15, 0.2) is 5.96 Å². The zero-order valence-corrected chi connectivity index (χ0v) is 17.7. The van der Waals surface area contributed by atoms with Gasteiger partial charge >= 0.3 is 0 Å². The molecule has 26 heavy (non-hydrogen) atoms. The van der Waals surface area contributed by atoms with E-state index in [1.807, 2.05) is 7.05 Å². The predicted molar refractivity (Wildman–Crippen MR) is 113 cm³/mol. The summed E-state index contributed by atoms with van der Waals surface area (Å²) in [6.45, 7) is 3.35. The lowest BCUT2D eigenvalue weighted by molar-refractivity contribution is 0.0949. The minimum atomic E-state index is -0.202. The minimum absolute atomic E-state index is 0. The number of rotatable bonds is 4. The summed E-state index contributed by atoms with van der Waals surface area (Å²) in [4.78, 5) is 26.6. The zero-order valence-electron chi connectivity index (χ0n) is 15.4. The Morgan fingerprint density at radius 3 is 2.65 bits per heavy atom. The van der Waals surface area contributed by atoms with Crippen LogP contribution in [0.1, 0.15) is 49.0 Å². The number of aromatic nitrogens is 2. The van der Waals surface area contributed by atoms with Gasteiger partial charge in [-0.05, 0) is 24.7 Å². The van der Waals surface area contributed by atoms with E-state index >= 15 is 0 Å². The number of carbonyl (C=O) groups excluding carboxylic acids is 1. The summed E-state index contributed by atoms with van der Waals surface area (Å²) in [5.74, 6) is 0.739. The Balaban J connectivity index is 0.00000243. The van der Waals surface area contributed by atoms with E-state index in [1.165, 1.54) is 50.9 Å². The fourth-order valence-electron chi connectivity index (χ4n) is 4.02. The van der Waals surface area contributed by atoms with Gasteiger partial charge in [0.2, 0.25) is 0 Å². The summed E-state index contributed by atoms with van der Waals surface area (Å²) >= 11 is 0. The summed E-state index contributed by atoms with van der Waals surface area (Å²) in [6.07, 6.45) is 12.7. The quantitative estimate of drug-likeness (QED) is 0.304. The Kier molecular flexibility index (Phi) is 8.05. The van der Waals surface area contributed by atoms with Gasteiger partial charge in [0.25, 0.3) is 5.91 Å². The molecule has 3 rings (SSSR count). The Bertz CT molecular complexity index is 603. The molecule has 0 aromatic carbocycles.